The summed E-state index contributed by atoms with van der Waals surface area (Å²) in [5.41, 5.74) is 2.68. The maximum Gasteiger partial charge on any atom is 0.229 e. The Kier molecular flexibility index (Phi) is 6.82. The number of hydrogen-bond donors (Lipinski definition) is 1. The molecule has 1 saturated heterocycles. The highest BCUT2D eigenvalue weighted by atomic mass is 19.1. The molecule has 2 unspecified atom stereocenters. The van der Waals surface area contributed by atoms with Crippen molar-refractivity contribution in [2.24, 2.45) is 5.92 Å². The number of methoxy groups -OCH3 is 2. The Morgan fingerprint density at radius 3 is 2.18 bits per heavy atom. The van der Waals surface area contributed by atoms with Crippen LogP contribution in [-0.2, 0) is 9.59 Å². The van der Waals surface area contributed by atoms with Gasteiger partial charge in [0.25, 0.3) is 0 Å². The van der Waals surface area contributed by atoms with Crippen molar-refractivity contribution in [2.75, 3.05) is 24.4 Å². The zero-order chi connectivity index (χ0) is 24.2. The highest BCUT2D eigenvalue weighted by Crippen LogP contribution is 2.41. The molecule has 4 rings (SSSR count). The van der Waals surface area contributed by atoms with Crippen molar-refractivity contribution in [3.05, 3.63) is 83.7 Å². The van der Waals surface area contributed by atoms with Gasteiger partial charge in [-0.1, -0.05) is 12.1 Å². The summed E-state index contributed by atoms with van der Waals surface area (Å²) in [5.74, 6) is 0.202. The number of benzene rings is 3. The quantitative estimate of drug-likeness (QED) is 0.542. The fraction of sp³-hybridized carbons (Fsp3) is 0.259. The molecule has 0 radical (unpaired) electrons. The van der Waals surface area contributed by atoms with Crippen molar-refractivity contribution < 1.29 is 23.5 Å². The van der Waals surface area contributed by atoms with Gasteiger partial charge in [-0.25, -0.2) is 4.39 Å². The van der Waals surface area contributed by atoms with Gasteiger partial charge in [-0.05, 0) is 79.1 Å². The Bertz CT molecular complexity index is 1180. The largest absolute Gasteiger partial charge is 0.497 e. The first-order valence-electron chi connectivity index (χ1n) is 11.1. The van der Waals surface area contributed by atoms with Gasteiger partial charge < -0.3 is 19.7 Å². The van der Waals surface area contributed by atoms with Crippen LogP contribution in [-0.4, -0.2) is 26.0 Å². The summed E-state index contributed by atoms with van der Waals surface area (Å²) in [6.07, 6.45) is 0.632. The molecule has 0 aliphatic carbocycles. The number of carbonyl (C=O) groups is 2. The first-order valence-corrected chi connectivity index (χ1v) is 11.1. The number of amides is 2. The third-order valence-corrected chi connectivity index (χ3v) is 6.19. The molecular formula is C27H27FN2O4. The minimum absolute atomic E-state index is 0.0620. The van der Waals surface area contributed by atoms with Crippen LogP contribution in [0, 0.1) is 18.7 Å². The van der Waals surface area contributed by atoms with Gasteiger partial charge in [0.05, 0.1) is 26.2 Å². The van der Waals surface area contributed by atoms with Crippen LogP contribution in [0.1, 0.15) is 30.0 Å². The molecule has 1 N–H and O–H groups in total. The lowest BCUT2D eigenvalue weighted by atomic mass is 9.83. The van der Waals surface area contributed by atoms with Crippen LogP contribution in [0.5, 0.6) is 11.5 Å². The van der Waals surface area contributed by atoms with Gasteiger partial charge in [0.1, 0.15) is 17.3 Å². The Labute approximate surface area is 198 Å². The molecule has 3 aromatic rings. The van der Waals surface area contributed by atoms with Crippen LogP contribution in [0.2, 0.25) is 0 Å². The number of halogens is 1. The van der Waals surface area contributed by atoms with Crippen molar-refractivity contribution in [3.63, 3.8) is 0 Å². The van der Waals surface area contributed by atoms with Gasteiger partial charge in [-0.15, -0.1) is 0 Å². The second-order valence-electron chi connectivity index (χ2n) is 8.27. The fourth-order valence-corrected chi connectivity index (χ4v) is 4.39. The summed E-state index contributed by atoms with van der Waals surface area (Å²) in [5, 5.41) is 2.95. The van der Waals surface area contributed by atoms with E-state index < -0.39 is 12.0 Å². The van der Waals surface area contributed by atoms with E-state index in [-0.39, 0.29) is 24.1 Å². The van der Waals surface area contributed by atoms with Crippen molar-refractivity contribution in [3.8, 4) is 11.5 Å². The zero-order valence-electron chi connectivity index (χ0n) is 19.4. The molecule has 2 amide bonds. The number of piperidine rings is 1. The van der Waals surface area contributed by atoms with Crippen molar-refractivity contribution in [1.82, 2.24) is 0 Å². The van der Waals surface area contributed by atoms with Crippen LogP contribution >= 0.6 is 0 Å². The minimum atomic E-state index is -0.527. The molecule has 2 atom stereocenters. The van der Waals surface area contributed by atoms with Crippen molar-refractivity contribution in [1.29, 1.82) is 0 Å². The summed E-state index contributed by atoms with van der Waals surface area (Å²) in [6, 6.07) is 18.3. The lowest BCUT2D eigenvalue weighted by Gasteiger charge is -2.41. The number of hydrogen-bond acceptors (Lipinski definition) is 4. The molecule has 1 fully saturated rings. The average molecular weight is 463 g/mol. The smallest absolute Gasteiger partial charge is 0.229 e. The molecule has 0 saturated carbocycles. The Morgan fingerprint density at radius 2 is 1.59 bits per heavy atom. The van der Waals surface area contributed by atoms with E-state index in [4.69, 9.17) is 9.47 Å². The van der Waals surface area contributed by atoms with Gasteiger partial charge >= 0.3 is 0 Å². The van der Waals surface area contributed by atoms with E-state index >= 15 is 0 Å². The number of anilines is 2. The Balaban J connectivity index is 1.73. The first-order chi connectivity index (χ1) is 16.4. The van der Waals surface area contributed by atoms with Gasteiger partial charge in [-0.2, -0.15) is 0 Å². The summed E-state index contributed by atoms with van der Waals surface area (Å²) < 4.78 is 24.1. The SMILES string of the molecule is COc1ccc(C2C(C(=O)Nc3ccc(F)cc3C)CCC(=O)N2c2ccc(OC)cc2)cc1. The third-order valence-electron chi connectivity index (χ3n) is 6.19. The van der Waals surface area contributed by atoms with E-state index in [2.05, 4.69) is 5.32 Å². The van der Waals surface area contributed by atoms with Crippen LogP contribution in [0.15, 0.2) is 66.7 Å². The molecule has 0 spiro atoms. The molecule has 7 heteroatoms. The molecule has 176 valence electrons. The maximum absolute atomic E-state index is 13.5. The standard InChI is InChI=1S/C27H27FN2O4/c1-17-16-19(28)6-14-24(17)29-27(32)23-13-15-25(31)30(20-7-11-22(34-3)12-8-20)26(23)18-4-9-21(33-2)10-5-18/h4-12,14,16,23,26H,13,15H2,1-3H3,(H,29,32). The molecule has 1 aliphatic heterocycles. The number of carbonyl (C=O) groups excluding carboxylic acids is 2. The summed E-state index contributed by atoms with van der Waals surface area (Å²) in [6.45, 7) is 1.74. The molecule has 34 heavy (non-hydrogen) atoms. The van der Waals surface area contributed by atoms with Gasteiger partial charge in [0.15, 0.2) is 0 Å². The molecular weight excluding hydrogens is 435 g/mol. The number of ether oxygens (including phenoxy) is 2. The van der Waals surface area contributed by atoms with Crippen LogP contribution < -0.4 is 19.7 Å². The first kappa shape index (κ1) is 23.3. The monoisotopic (exact) mass is 462 g/mol. The normalized spacial score (nSPS) is 17.9. The van der Waals surface area contributed by atoms with Crippen LogP contribution in [0.4, 0.5) is 15.8 Å². The van der Waals surface area contributed by atoms with Crippen molar-refractivity contribution in [2.45, 2.75) is 25.8 Å². The summed E-state index contributed by atoms with van der Waals surface area (Å²) in [7, 11) is 3.17. The van der Waals surface area contributed by atoms with E-state index in [1.807, 2.05) is 36.4 Å². The zero-order valence-corrected chi connectivity index (χ0v) is 19.4. The van der Waals surface area contributed by atoms with E-state index in [1.54, 1.807) is 44.2 Å². The highest BCUT2D eigenvalue weighted by molar-refractivity contribution is 6.00. The van der Waals surface area contributed by atoms with Crippen LogP contribution in [0.25, 0.3) is 0 Å². The summed E-state index contributed by atoms with van der Waals surface area (Å²) >= 11 is 0. The van der Waals surface area contributed by atoms with Crippen molar-refractivity contribution >= 4 is 23.2 Å². The van der Waals surface area contributed by atoms with E-state index in [0.29, 0.717) is 34.9 Å². The highest BCUT2D eigenvalue weighted by Gasteiger charge is 2.41. The molecule has 3 aromatic carbocycles. The third kappa shape index (κ3) is 4.73. The summed E-state index contributed by atoms with van der Waals surface area (Å²) in [4.78, 5) is 28.4. The lowest BCUT2D eigenvalue weighted by Crippen LogP contribution is -2.47. The van der Waals surface area contributed by atoms with E-state index in [0.717, 1.165) is 5.56 Å². The maximum atomic E-state index is 13.5. The second-order valence-corrected chi connectivity index (χ2v) is 8.27. The van der Waals surface area contributed by atoms with Gasteiger partial charge in [0, 0.05) is 17.8 Å². The Morgan fingerprint density at radius 1 is 0.971 bits per heavy atom. The number of nitrogens with zero attached hydrogens (tertiary/aromatic N) is 1. The lowest BCUT2D eigenvalue weighted by molar-refractivity contribution is -0.125. The van der Waals surface area contributed by atoms with Gasteiger partial charge in [-0.3, -0.25) is 9.59 Å². The molecule has 0 aromatic heterocycles. The molecule has 0 bridgehead atoms. The van der Waals surface area contributed by atoms with E-state index in [1.165, 1.54) is 12.1 Å². The fourth-order valence-electron chi connectivity index (χ4n) is 4.39. The molecule has 1 aliphatic rings. The minimum Gasteiger partial charge on any atom is -0.497 e. The molecule has 6 nitrogen and oxygen atoms in total. The van der Waals surface area contributed by atoms with E-state index in [9.17, 15) is 14.0 Å². The van der Waals surface area contributed by atoms with Crippen LogP contribution in [0.3, 0.4) is 0 Å². The number of rotatable bonds is 6. The predicted octanol–water partition coefficient (Wildman–Crippen LogP) is 5.27. The molecule has 1 heterocycles. The topological polar surface area (TPSA) is 67.9 Å². The average Bonchev–Trinajstić information content (AvgIpc) is 2.85. The number of aryl methyl sites for hydroxylation is 1. The number of nitrogens with one attached hydrogen (secondary N) is 1. The predicted molar refractivity (Wildman–Crippen MR) is 129 cm³/mol. The van der Waals surface area contributed by atoms with Gasteiger partial charge in [0.2, 0.25) is 11.8 Å². The second kappa shape index (κ2) is 9.95. The Hall–Kier alpha value is -3.87.